The molecule has 0 saturated heterocycles. The van der Waals surface area contributed by atoms with Crippen molar-refractivity contribution in [3.63, 3.8) is 0 Å². The number of thiophene rings is 1. The van der Waals surface area contributed by atoms with Crippen LogP contribution in [0.3, 0.4) is 0 Å². The average molecular weight is 469 g/mol. The van der Waals surface area contributed by atoms with Crippen LogP contribution in [0, 0.1) is 8.30 Å². The Labute approximate surface area is 162 Å². The molecule has 24 heavy (non-hydrogen) atoms. The lowest BCUT2D eigenvalue weighted by molar-refractivity contribution is -0.124. The minimum Gasteiger partial charge on any atom is -0.300 e. The number of nitrogens with one attached hydrogen (secondary N) is 1. The lowest BCUT2D eigenvalue weighted by atomic mass is 9.73. The zero-order chi connectivity index (χ0) is 17.2. The van der Waals surface area contributed by atoms with E-state index in [1.807, 2.05) is 32.0 Å². The van der Waals surface area contributed by atoms with Gasteiger partial charge in [0.15, 0.2) is 0 Å². The van der Waals surface area contributed by atoms with Crippen molar-refractivity contribution in [3.05, 3.63) is 61.3 Å². The predicted octanol–water partition coefficient (Wildman–Crippen LogP) is 5.00. The van der Waals surface area contributed by atoms with Gasteiger partial charge in [0.2, 0.25) is 11.0 Å². The number of amides is 1. The van der Waals surface area contributed by atoms with Crippen molar-refractivity contribution in [2.45, 2.75) is 19.8 Å². The highest BCUT2D eigenvalue weighted by Crippen LogP contribution is 2.44. The molecule has 0 aliphatic carbocycles. The van der Waals surface area contributed by atoms with E-state index in [0.717, 1.165) is 5.56 Å². The van der Waals surface area contributed by atoms with Gasteiger partial charge in [0.25, 0.3) is 0 Å². The zero-order valence-electron chi connectivity index (χ0n) is 13.2. The van der Waals surface area contributed by atoms with E-state index in [2.05, 4.69) is 62.4 Å². The fraction of sp³-hybridized carbons (Fsp3) is 0.235. The average Bonchev–Trinajstić information content (AvgIpc) is 3.20. The number of hydrogen-bond acceptors (Lipinski definition) is 5. The second kappa shape index (κ2) is 7.28. The van der Waals surface area contributed by atoms with E-state index in [0.29, 0.717) is 5.13 Å². The Morgan fingerprint density at radius 2 is 1.96 bits per heavy atom. The number of carbonyl (C=O) groups excluding carboxylic acids is 1. The number of rotatable bonds is 5. The van der Waals surface area contributed by atoms with E-state index in [-0.39, 0.29) is 11.8 Å². The molecule has 124 valence electrons. The van der Waals surface area contributed by atoms with Crippen molar-refractivity contribution >= 4 is 56.3 Å². The van der Waals surface area contributed by atoms with Crippen LogP contribution in [0.15, 0.2) is 48.0 Å². The van der Waals surface area contributed by atoms with E-state index < -0.39 is 5.41 Å². The molecular formula is C17H16IN3OS2. The predicted molar refractivity (Wildman–Crippen MR) is 108 cm³/mol. The normalized spacial score (nSPS) is 12.8. The number of carbonyl (C=O) groups is 1. The molecule has 2 aromatic heterocycles. The molecule has 4 nitrogen and oxygen atoms in total. The van der Waals surface area contributed by atoms with Crippen LogP contribution in [-0.2, 0) is 4.79 Å². The maximum Gasteiger partial charge on any atom is 0.232 e. The fourth-order valence-corrected chi connectivity index (χ4v) is 5.11. The Bertz CT molecular complexity index is 816. The summed E-state index contributed by atoms with van der Waals surface area (Å²) in [5, 5.41) is 11.1. The van der Waals surface area contributed by atoms with Gasteiger partial charge in [-0.05, 0) is 40.3 Å². The van der Waals surface area contributed by atoms with Gasteiger partial charge in [-0.15, -0.1) is 21.5 Å². The standard InChI is InChI=1S/C17H16IN3OS2/c1-17(2,15(22)20-16-21-19-10-23-16)14(11-6-4-3-5-7-11)12-8-9-13(18)24-12/h3-10,14H,1-2H3,(H,20,21,22). The largest absolute Gasteiger partial charge is 0.300 e. The molecule has 1 aromatic carbocycles. The van der Waals surface area contributed by atoms with Crippen LogP contribution in [0.5, 0.6) is 0 Å². The zero-order valence-corrected chi connectivity index (χ0v) is 17.0. The first kappa shape index (κ1) is 17.5. The van der Waals surface area contributed by atoms with Crippen LogP contribution in [0.1, 0.15) is 30.2 Å². The highest BCUT2D eigenvalue weighted by atomic mass is 127. The van der Waals surface area contributed by atoms with Gasteiger partial charge in [-0.1, -0.05) is 55.5 Å². The first-order valence-electron chi connectivity index (χ1n) is 7.36. The van der Waals surface area contributed by atoms with Crippen molar-refractivity contribution < 1.29 is 4.79 Å². The summed E-state index contributed by atoms with van der Waals surface area (Å²) in [7, 11) is 0. The highest BCUT2D eigenvalue weighted by Gasteiger charge is 2.40. The molecule has 0 aliphatic heterocycles. The quantitative estimate of drug-likeness (QED) is 0.535. The SMILES string of the molecule is CC(C)(C(=O)Nc1nncs1)C(c1ccccc1)c1ccc(I)s1. The van der Waals surface area contributed by atoms with E-state index in [9.17, 15) is 4.79 Å². The maximum absolute atomic E-state index is 13.0. The lowest BCUT2D eigenvalue weighted by Crippen LogP contribution is -2.36. The molecule has 1 N–H and O–H groups in total. The molecule has 3 aromatic rings. The van der Waals surface area contributed by atoms with Crippen LogP contribution < -0.4 is 5.32 Å². The molecular weight excluding hydrogens is 453 g/mol. The first-order chi connectivity index (χ1) is 11.5. The van der Waals surface area contributed by atoms with Crippen LogP contribution in [0.25, 0.3) is 0 Å². The molecule has 7 heteroatoms. The molecule has 0 aliphatic rings. The molecule has 0 fully saturated rings. The second-order valence-electron chi connectivity index (χ2n) is 5.91. The van der Waals surface area contributed by atoms with Crippen LogP contribution in [0.2, 0.25) is 0 Å². The molecule has 1 atom stereocenters. The highest BCUT2D eigenvalue weighted by molar-refractivity contribution is 14.1. The van der Waals surface area contributed by atoms with Gasteiger partial charge in [0.05, 0.1) is 8.30 Å². The summed E-state index contributed by atoms with van der Waals surface area (Å²) in [6.07, 6.45) is 0. The van der Waals surface area contributed by atoms with Gasteiger partial charge in [-0.3, -0.25) is 4.79 Å². The Morgan fingerprint density at radius 1 is 1.21 bits per heavy atom. The Kier molecular flexibility index (Phi) is 5.31. The lowest BCUT2D eigenvalue weighted by Gasteiger charge is -2.32. The topological polar surface area (TPSA) is 54.9 Å². The van der Waals surface area contributed by atoms with Crippen molar-refractivity contribution in [1.82, 2.24) is 10.2 Å². The van der Waals surface area contributed by atoms with Crippen molar-refractivity contribution in [2.75, 3.05) is 5.32 Å². The fourth-order valence-electron chi connectivity index (χ4n) is 2.68. The summed E-state index contributed by atoms with van der Waals surface area (Å²) in [6.45, 7) is 3.96. The van der Waals surface area contributed by atoms with Crippen molar-refractivity contribution in [1.29, 1.82) is 0 Å². The summed E-state index contributed by atoms with van der Waals surface area (Å²) in [5.41, 5.74) is 2.10. The van der Waals surface area contributed by atoms with Crippen molar-refractivity contribution in [3.8, 4) is 0 Å². The van der Waals surface area contributed by atoms with Gasteiger partial charge in [-0.25, -0.2) is 0 Å². The maximum atomic E-state index is 13.0. The molecule has 0 bridgehead atoms. The third-order valence-corrected chi connectivity index (χ3v) is 6.46. The molecule has 3 rings (SSSR count). The van der Waals surface area contributed by atoms with Crippen LogP contribution >= 0.6 is 45.3 Å². The molecule has 0 saturated carbocycles. The number of anilines is 1. The summed E-state index contributed by atoms with van der Waals surface area (Å²) in [5.74, 6) is -0.0864. The van der Waals surface area contributed by atoms with Crippen LogP contribution in [0.4, 0.5) is 5.13 Å². The number of benzene rings is 1. The van der Waals surface area contributed by atoms with E-state index in [1.165, 1.54) is 19.1 Å². The van der Waals surface area contributed by atoms with E-state index in [4.69, 9.17) is 0 Å². The number of aromatic nitrogens is 2. The number of halogens is 1. The monoisotopic (exact) mass is 469 g/mol. The minimum absolute atomic E-state index is 0.0277. The third kappa shape index (κ3) is 3.68. The van der Waals surface area contributed by atoms with Gasteiger partial charge in [-0.2, -0.15) is 0 Å². The summed E-state index contributed by atoms with van der Waals surface area (Å²) >= 11 is 5.36. The van der Waals surface area contributed by atoms with Gasteiger partial charge >= 0.3 is 0 Å². The van der Waals surface area contributed by atoms with Crippen molar-refractivity contribution in [2.24, 2.45) is 5.41 Å². The van der Waals surface area contributed by atoms with Gasteiger partial charge < -0.3 is 5.32 Å². The molecule has 1 unspecified atom stereocenters. The smallest absolute Gasteiger partial charge is 0.232 e. The summed E-state index contributed by atoms with van der Waals surface area (Å²) in [4.78, 5) is 14.1. The Hall–Kier alpha value is -1.32. The Balaban J connectivity index is 1.99. The molecule has 0 radical (unpaired) electrons. The Morgan fingerprint density at radius 3 is 2.54 bits per heavy atom. The second-order valence-corrected chi connectivity index (χ2v) is 9.75. The van der Waals surface area contributed by atoms with Crippen LogP contribution in [-0.4, -0.2) is 16.1 Å². The third-order valence-electron chi connectivity index (χ3n) is 3.90. The first-order valence-corrected chi connectivity index (χ1v) is 10.1. The van der Waals surface area contributed by atoms with E-state index in [1.54, 1.807) is 16.8 Å². The summed E-state index contributed by atoms with van der Waals surface area (Å²) < 4.78 is 1.21. The summed E-state index contributed by atoms with van der Waals surface area (Å²) in [6, 6.07) is 14.4. The number of nitrogens with zero attached hydrogens (tertiary/aromatic N) is 2. The van der Waals surface area contributed by atoms with Gasteiger partial charge in [0, 0.05) is 10.8 Å². The molecule has 1 amide bonds. The van der Waals surface area contributed by atoms with Gasteiger partial charge in [0.1, 0.15) is 5.51 Å². The minimum atomic E-state index is -0.638. The number of hydrogen-bond donors (Lipinski definition) is 1. The van der Waals surface area contributed by atoms with E-state index >= 15 is 0 Å². The molecule has 0 spiro atoms. The molecule has 2 heterocycles.